The summed E-state index contributed by atoms with van der Waals surface area (Å²) in [6.45, 7) is 12.0. The number of halogens is 2. The molecule has 4 aromatic heterocycles. The van der Waals surface area contributed by atoms with E-state index in [1.807, 2.05) is 79.1 Å². The highest BCUT2D eigenvalue weighted by Crippen LogP contribution is 2.38. The van der Waals surface area contributed by atoms with E-state index in [0.29, 0.717) is 75.0 Å². The van der Waals surface area contributed by atoms with Gasteiger partial charge in [-0.3, -0.25) is 4.79 Å². The average Bonchev–Trinajstić information content (AvgIpc) is 4.06. The number of rotatable bonds is 7. The van der Waals surface area contributed by atoms with E-state index in [1.54, 1.807) is 24.3 Å². The van der Waals surface area contributed by atoms with Crippen molar-refractivity contribution in [2.45, 2.75) is 63.4 Å². The Morgan fingerprint density at radius 2 is 1.16 bits per heavy atom. The van der Waals surface area contributed by atoms with Crippen LogP contribution >= 0.6 is 23.2 Å². The Labute approximate surface area is 361 Å². The number of hydrogen-bond acceptors (Lipinski definition) is 13. The molecule has 15 nitrogen and oxygen atoms in total. The van der Waals surface area contributed by atoms with Crippen LogP contribution in [0.3, 0.4) is 0 Å². The summed E-state index contributed by atoms with van der Waals surface area (Å²) in [7, 11) is 0. The van der Waals surface area contributed by atoms with Crippen molar-refractivity contribution >= 4 is 68.9 Å². The molecular weight excluding hydrogens is 819 g/mol. The molecule has 0 spiro atoms. The summed E-state index contributed by atoms with van der Waals surface area (Å²) in [5.41, 5.74) is 2.07. The van der Waals surface area contributed by atoms with Gasteiger partial charge in [-0.25, -0.2) is 24.7 Å². The fraction of sp³-hybridized carbons (Fsp3) is 0.318. The van der Waals surface area contributed by atoms with Gasteiger partial charge in [0.05, 0.1) is 35.2 Å². The lowest BCUT2D eigenvalue weighted by atomic mass is 10.2. The van der Waals surface area contributed by atoms with Crippen molar-refractivity contribution < 1.29 is 23.8 Å². The van der Waals surface area contributed by atoms with Gasteiger partial charge in [0.15, 0.2) is 11.0 Å². The first-order valence-electron chi connectivity index (χ1n) is 20.0. The summed E-state index contributed by atoms with van der Waals surface area (Å²) in [5, 5.41) is 1.17. The van der Waals surface area contributed by atoms with Crippen molar-refractivity contribution in [2.24, 2.45) is 0 Å². The fourth-order valence-corrected chi connectivity index (χ4v) is 8.76. The molecule has 4 aliphatic rings. The van der Waals surface area contributed by atoms with Crippen molar-refractivity contribution in [3.63, 3.8) is 0 Å². The lowest BCUT2D eigenvalue weighted by Gasteiger charge is -2.35. The van der Waals surface area contributed by atoms with Crippen molar-refractivity contribution in [2.75, 3.05) is 36.0 Å². The first-order chi connectivity index (χ1) is 29.4. The van der Waals surface area contributed by atoms with Crippen LogP contribution in [-0.2, 0) is 9.53 Å². The van der Waals surface area contributed by atoms with Crippen LogP contribution in [-0.4, -0.2) is 108 Å². The van der Waals surface area contributed by atoms with Crippen molar-refractivity contribution in [1.29, 1.82) is 0 Å². The zero-order valence-corrected chi connectivity index (χ0v) is 35.2. The first kappa shape index (κ1) is 40.1. The summed E-state index contributed by atoms with van der Waals surface area (Å²) < 4.78 is 17.5. The molecule has 4 aliphatic heterocycles. The van der Waals surface area contributed by atoms with Crippen LogP contribution < -0.4 is 19.3 Å². The molecule has 0 N–H and O–H groups in total. The zero-order chi connectivity index (χ0) is 42.4. The van der Waals surface area contributed by atoms with Crippen LogP contribution in [0.25, 0.3) is 22.1 Å². The van der Waals surface area contributed by atoms with Gasteiger partial charge in [0.25, 0.3) is 0 Å². The Bertz CT molecular complexity index is 2660. The van der Waals surface area contributed by atoms with Gasteiger partial charge in [-0.1, -0.05) is 41.9 Å². The van der Waals surface area contributed by atoms with Crippen molar-refractivity contribution in [3.8, 4) is 23.3 Å². The Morgan fingerprint density at radius 1 is 0.672 bits per heavy atom. The second-order valence-corrected chi connectivity index (χ2v) is 17.1. The van der Waals surface area contributed by atoms with E-state index in [4.69, 9.17) is 47.4 Å². The fourth-order valence-electron chi connectivity index (χ4n) is 8.40. The Balaban J connectivity index is 0.000000157. The molecule has 4 bridgehead atoms. The number of ether oxygens (including phenoxy) is 3. The molecule has 0 radical (unpaired) electrons. The van der Waals surface area contributed by atoms with E-state index >= 15 is 0 Å². The molecule has 0 unspecified atom stereocenters. The van der Waals surface area contributed by atoms with Crippen LogP contribution in [0.1, 0.15) is 33.6 Å². The minimum Gasteiger partial charge on any atom is -0.444 e. The van der Waals surface area contributed by atoms with E-state index in [0.717, 1.165) is 31.0 Å². The van der Waals surface area contributed by atoms with Gasteiger partial charge < -0.3 is 33.8 Å². The van der Waals surface area contributed by atoms with Crippen LogP contribution in [0.15, 0.2) is 98.1 Å². The maximum atomic E-state index is 12.5. The van der Waals surface area contributed by atoms with Gasteiger partial charge >= 0.3 is 6.09 Å². The predicted octanol–water partition coefficient (Wildman–Crippen LogP) is 8.11. The van der Waals surface area contributed by atoms with E-state index in [-0.39, 0.29) is 36.2 Å². The number of aromatic nitrogens is 6. The minimum atomic E-state index is -0.502. The Hall–Kier alpha value is -6.32. The summed E-state index contributed by atoms with van der Waals surface area (Å²) >= 11 is 12.1. The molecule has 4 saturated heterocycles. The smallest absolute Gasteiger partial charge is 0.410 e. The number of amides is 2. The topological polar surface area (TPSA) is 152 Å². The molecule has 6 aromatic rings. The highest BCUT2D eigenvalue weighted by molar-refractivity contribution is 6.31. The first-order valence-corrected chi connectivity index (χ1v) is 20.7. The number of piperazine rings is 2. The number of hydrogen-bond donors (Lipinski definition) is 0. The van der Waals surface area contributed by atoms with Crippen LogP contribution in [0.5, 0.6) is 23.3 Å². The number of carbonyl (C=O) groups is 2. The van der Waals surface area contributed by atoms with Gasteiger partial charge in [-0.15, -0.1) is 0 Å². The molecule has 312 valence electrons. The van der Waals surface area contributed by atoms with E-state index in [2.05, 4.69) is 36.3 Å². The number of pyridine rings is 2. The van der Waals surface area contributed by atoms with Crippen molar-refractivity contribution in [3.05, 3.63) is 108 Å². The number of anilines is 2. The average molecular weight is 862 g/mol. The molecule has 4 fully saturated rings. The van der Waals surface area contributed by atoms with Gasteiger partial charge in [-0.05, 0) is 100 Å². The maximum absolute atomic E-state index is 12.5. The van der Waals surface area contributed by atoms with Gasteiger partial charge in [0, 0.05) is 36.2 Å². The summed E-state index contributed by atoms with van der Waals surface area (Å²) in [6, 6.07) is 22.8. The van der Waals surface area contributed by atoms with Crippen molar-refractivity contribution in [1.82, 2.24) is 39.7 Å². The molecule has 2 aromatic carbocycles. The quantitative estimate of drug-likeness (QED) is 0.142. The molecule has 17 heteroatoms. The Morgan fingerprint density at radius 3 is 1.59 bits per heavy atom. The largest absolute Gasteiger partial charge is 0.444 e. The molecule has 2 amide bonds. The second-order valence-electron chi connectivity index (χ2n) is 16.3. The highest BCUT2D eigenvalue weighted by atomic mass is 35.5. The maximum Gasteiger partial charge on any atom is 0.410 e. The number of carbonyl (C=O) groups excluding carboxylic acids is 2. The van der Waals surface area contributed by atoms with Crippen LogP contribution in [0.2, 0.25) is 10.0 Å². The minimum absolute atomic E-state index is 0.00534. The standard InChI is InChI=1S/C23H24ClN5O3.C21H18ClN5O2/c1-23(2,3)32-22(30)29-12-15-10-16(29)11-28(15)19-8-7-18-20(27-19)21(26-13-25-18)31-17-6-4-5-14(24)9-17;1-2-19(28)27-11-14-9-15(27)10-26(14)18-7-6-17-20(25-18)21(24-12-23-17)29-16-5-3-4-13(22)8-16/h4-9,13,15-16H,10-12H2,1-3H3;2-8,12,14-15H,1,9-11H2/t15-,16-;14-,15-/m00/s1. The van der Waals surface area contributed by atoms with Crippen LogP contribution in [0, 0.1) is 0 Å². The normalized spacial score (nSPS) is 20.2. The van der Waals surface area contributed by atoms with Gasteiger partial charge in [0.1, 0.15) is 41.4 Å². The lowest BCUT2D eigenvalue weighted by Crippen LogP contribution is -2.50. The predicted molar refractivity (Wildman–Crippen MR) is 232 cm³/mol. The summed E-state index contributed by atoms with van der Waals surface area (Å²) in [4.78, 5) is 59.6. The third-order valence-electron chi connectivity index (χ3n) is 11.0. The molecule has 61 heavy (non-hydrogen) atoms. The molecule has 8 heterocycles. The molecular formula is C44H42Cl2N10O5. The summed E-state index contributed by atoms with van der Waals surface area (Å²) in [5.74, 6) is 3.57. The molecule has 0 saturated carbocycles. The van der Waals surface area contributed by atoms with Gasteiger partial charge in [0.2, 0.25) is 17.7 Å². The summed E-state index contributed by atoms with van der Waals surface area (Å²) in [6.07, 6.45) is 5.89. The number of fused-ring (bicyclic) bond motifs is 6. The second kappa shape index (κ2) is 16.3. The third kappa shape index (κ3) is 8.40. The van der Waals surface area contributed by atoms with E-state index < -0.39 is 5.60 Å². The molecule has 4 atom stereocenters. The third-order valence-corrected chi connectivity index (χ3v) is 11.5. The van der Waals surface area contributed by atoms with E-state index in [9.17, 15) is 9.59 Å². The van der Waals surface area contributed by atoms with Crippen LogP contribution in [0.4, 0.5) is 16.4 Å². The number of benzene rings is 2. The Kier molecular flexibility index (Phi) is 10.7. The lowest BCUT2D eigenvalue weighted by molar-refractivity contribution is -0.127. The van der Waals surface area contributed by atoms with E-state index in [1.165, 1.54) is 18.7 Å². The zero-order valence-electron chi connectivity index (χ0n) is 33.7. The highest BCUT2D eigenvalue weighted by Gasteiger charge is 2.47. The SMILES string of the molecule is C=CC(=O)N1C[C@@H]2C[C@H]1CN2c1ccc2ncnc(Oc3cccc(Cl)c3)c2n1.CC(C)(C)OC(=O)N1C[C@@H]2C[C@H]1CN2c1ccc2ncnc(Oc3cccc(Cl)c3)c2n1. The molecule has 10 rings (SSSR count). The monoisotopic (exact) mass is 860 g/mol. The molecule has 0 aliphatic carbocycles. The van der Waals surface area contributed by atoms with Gasteiger partial charge in [-0.2, -0.15) is 9.97 Å². The number of likely N-dealkylation sites (tertiary alicyclic amines) is 2. The number of nitrogens with zero attached hydrogens (tertiary/aromatic N) is 10.